The van der Waals surface area contributed by atoms with Gasteiger partial charge in [0.15, 0.2) is 0 Å². The van der Waals surface area contributed by atoms with Crippen LogP contribution in [-0.4, -0.2) is 46.5 Å². The lowest BCUT2D eigenvalue weighted by Crippen LogP contribution is -2.49. The van der Waals surface area contributed by atoms with Crippen molar-refractivity contribution >= 4 is 17.8 Å². The van der Waals surface area contributed by atoms with Crippen LogP contribution in [0.25, 0.3) is 11.1 Å². The van der Waals surface area contributed by atoms with Crippen LogP contribution in [-0.2, 0) is 4.79 Å². The number of benzene rings is 2. The lowest BCUT2D eigenvalue weighted by molar-refractivity contribution is -0.127. The van der Waals surface area contributed by atoms with Gasteiger partial charge in [0.1, 0.15) is 11.6 Å². The van der Waals surface area contributed by atoms with E-state index in [1.807, 2.05) is 41.3 Å². The topological polar surface area (TPSA) is 98.7 Å². The quantitative estimate of drug-likeness (QED) is 0.694. The number of likely N-dealkylation sites (tertiary alicyclic amines) is 1. The van der Waals surface area contributed by atoms with Gasteiger partial charge >= 0.3 is 6.03 Å². The Kier molecular flexibility index (Phi) is 4.84. The number of imide groups is 1. The van der Waals surface area contributed by atoms with E-state index < -0.39 is 23.6 Å². The van der Waals surface area contributed by atoms with E-state index in [2.05, 4.69) is 10.6 Å². The molecule has 0 aliphatic carbocycles. The van der Waals surface area contributed by atoms with Crippen LogP contribution in [0.3, 0.4) is 0 Å². The van der Waals surface area contributed by atoms with Crippen molar-refractivity contribution in [1.29, 1.82) is 0 Å². The van der Waals surface area contributed by atoms with Gasteiger partial charge in [-0.05, 0) is 48.6 Å². The predicted molar refractivity (Wildman–Crippen MR) is 107 cm³/mol. The Hall–Kier alpha value is -3.19. The number of nitrogens with zero attached hydrogens (tertiary/aromatic N) is 1. The molecule has 2 saturated heterocycles. The van der Waals surface area contributed by atoms with Crippen LogP contribution >= 0.6 is 0 Å². The van der Waals surface area contributed by atoms with Crippen molar-refractivity contribution in [3.05, 3.63) is 59.7 Å². The SMILES string of the molecule is CC1(C(O)c2ccc(-c3ccc(C(=O)N4CCCC4)cc3)cc2)NC(=O)NC1=O. The van der Waals surface area contributed by atoms with Gasteiger partial charge in [-0.2, -0.15) is 0 Å². The Labute approximate surface area is 168 Å². The lowest BCUT2D eigenvalue weighted by Gasteiger charge is -2.27. The number of carbonyl (C=O) groups excluding carboxylic acids is 3. The molecule has 3 N–H and O–H groups in total. The molecule has 0 saturated carbocycles. The number of aliphatic hydroxyl groups excluding tert-OH is 1. The van der Waals surface area contributed by atoms with Crippen molar-refractivity contribution in [2.24, 2.45) is 0 Å². The average molecular weight is 393 g/mol. The molecule has 2 aliphatic rings. The minimum atomic E-state index is -1.41. The van der Waals surface area contributed by atoms with E-state index in [0.29, 0.717) is 11.1 Å². The van der Waals surface area contributed by atoms with E-state index in [4.69, 9.17) is 0 Å². The normalized spacial score (nSPS) is 22.3. The molecule has 2 aromatic carbocycles. The van der Waals surface area contributed by atoms with Gasteiger partial charge in [0.05, 0.1) is 0 Å². The van der Waals surface area contributed by atoms with E-state index in [1.54, 1.807) is 12.1 Å². The van der Waals surface area contributed by atoms with E-state index in [1.165, 1.54) is 6.92 Å². The maximum atomic E-state index is 12.5. The highest BCUT2D eigenvalue weighted by Gasteiger charge is 2.48. The zero-order valence-corrected chi connectivity index (χ0v) is 16.1. The first kappa shape index (κ1) is 19.1. The average Bonchev–Trinajstić information content (AvgIpc) is 3.36. The van der Waals surface area contributed by atoms with Crippen LogP contribution in [0.4, 0.5) is 4.79 Å². The van der Waals surface area contributed by atoms with Gasteiger partial charge in [-0.15, -0.1) is 0 Å². The summed E-state index contributed by atoms with van der Waals surface area (Å²) in [6.07, 6.45) is 0.946. The van der Waals surface area contributed by atoms with Crippen molar-refractivity contribution < 1.29 is 19.5 Å². The Balaban J connectivity index is 1.50. The van der Waals surface area contributed by atoms with Crippen LogP contribution in [0.15, 0.2) is 48.5 Å². The first-order valence-electron chi connectivity index (χ1n) is 9.70. The number of urea groups is 1. The Morgan fingerprint density at radius 2 is 1.55 bits per heavy atom. The van der Waals surface area contributed by atoms with Crippen LogP contribution in [0.5, 0.6) is 0 Å². The lowest BCUT2D eigenvalue weighted by atomic mass is 9.88. The molecule has 4 rings (SSSR count). The van der Waals surface area contributed by atoms with Crippen LogP contribution in [0.1, 0.15) is 41.8 Å². The third kappa shape index (κ3) is 3.49. The number of hydrogen-bond acceptors (Lipinski definition) is 4. The van der Waals surface area contributed by atoms with Gasteiger partial charge in [0, 0.05) is 18.7 Å². The molecule has 7 heteroatoms. The maximum Gasteiger partial charge on any atom is 0.322 e. The number of hydrogen-bond donors (Lipinski definition) is 3. The fourth-order valence-electron chi connectivity index (χ4n) is 3.85. The highest BCUT2D eigenvalue weighted by atomic mass is 16.3. The van der Waals surface area contributed by atoms with Gasteiger partial charge in [-0.1, -0.05) is 36.4 Å². The number of aliphatic hydroxyl groups is 1. The summed E-state index contributed by atoms with van der Waals surface area (Å²) in [4.78, 5) is 37.8. The van der Waals surface area contributed by atoms with Crippen LogP contribution < -0.4 is 10.6 Å². The summed E-state index contributed by atoms with van der Waals surface area (Å²) in [6.45, 7) is 3.13. The van der Waals surface area contributed by atoms with E-state index in [-0.39, 0.29) is 5.91 Å². The molecule has 0 aromatic heterocycles. The summed E-state index contributed by atoms with van der Waals surface area (Å²) in [6, 6.07) is 14.0. The van der Waals surface area contributed by atoms with Crippen molar-refractivity contribution in [3.63, 3.8) is 0 Å². The monoisotopic (exact) mass is 393 g/mol. The molecule has 2 unspecified atom stereocenters. The van der Waals surface area contributed by atoms with Gasteiger partial charge in [-0.25, -0.2) is 4.79 Å². The third-order valence-corrected chi connectivity index (χ3v) is 5.70. The van der Waals surface area contributed by atoms with E-state index in [0.717, 1.165) is 37.1 Å². The summed E-state index contributed by atoms with van der Waals surface area (Å²) in [5, 5.41) is 15.2. The molecule has 0 spiro atoms. The molecule has 0 radical (unpaired) electrons. The summed E-state index contributed by atoms with van der Waals surface area (Å²) < 4.78 is 0. The number of amides is 4. The zero-order valence-electron chi connectivity index (χ0n) is 16.1. The molecule has 2 aromatic rings. The fourth-order valence-corrected chi connectivity index (χ4v) is 3.85. The van der Waals surface area contributed by atoms with Crippen molar-refractivity contribution in [3.8, 4) is 11.1 Å². The molecule has 29 heavy (non-hydrogen) atoms. The van der Waals surface area contributed by atoms with Crippen molar-refractivity contribution in [2.45, 2.75) is 31.4 Å². The number of nitrogens with one attached hydrogen (secondary N) is 2. The highest BCUT2D eigenvalue weighted by molar-refractivity contribution is 6.07. The minimum Gasteiger partial charge on any atom is -0.385 e. The van der Waals surface area contributed by atoms with Gasteiger partial charge in [0.25, 0.3) is 11.8 Å². The fraction of sp³-hybridized carbons (Fsp3) is 0.318. The maximum absolute atomic E-state index is 12.5. The van der Waals surface area contributed by atoms with Crippen molar-refractivity contribution in [2.75, 3.05) is 13.1 Å². The molecular weight excluding hydrogens is 370 g/mol. The Morgan fingerprint density at radius 1 is 1.00 bits per heavy atom. The Morgan fingerprint density at radius 3 is 2.07 bits per heavy atom. The molecular formula is C22H23N3O4. The molecule has 7 nitrogen and oxygen atoms in total. The highest BCUT2D eigenvalue weighted by Crippen LogP contribution is 2.30. The summed E-state index contributed by atoms with van der Waals surface area (Å²) in [7, 11) is 0. The first-order valence-corrected chi connectivity index (χ1v) is 9.70. The largest absolute Gasteiger partial charge is 0.385 e. The smallest absolute Gasteiger partial charge is 0.322 e. The number of rotatable bonds is 4. The minimum absolute atomic E-state index is 0.0673. The molecule has 2 fully saturated rings. The van der Waals surface area contributed by atoms with Gasteiger partial charge in [0.2, 0.25) is 0 Å². The van der Waals surface area contributed by atoms with E-state index >= 15 is 0 Å². The van der Waals surface area contributed by atoms with Crippen molar-refractivity contribution in [1.82, 2.24) is 15.5 Å². The summed E-state index contributed by atoms with van der Waals surface area (Å²) >= 11 is 0. The third-order valence-electron chi connectivity index (χ3n) is 5.70. The molecule has 4 amide bonds. The van der Waals surface area contributed by atoms with Crippen LogP contribution in [0, 0.1) is 0 Å². The Bertz CT molecular complexity index is 949. The summed E-state index contributed by atoms with van der Waals surface area (Å²) in [5.74, 6) is -0.491. The standard InChI is InChI=1S/C22H23N3O4/c1-22(20(28)23-21(29)24-22)18(26)16-8-4-14(5-9-16)15-6-10-17(11-7-15)19(27)25-12-2-3-13-25/h4-11,18,26H,2-3,12-13H2,1H3,(H2,23,24,28,29). The first-order chi connectivity index (χ1) is 13.9. The number of carbonyl (C=O) groups is 3. The molecule has 0 bridgehead atoms. The molecule has 2 aliphatic heterocycles. The van der Waals surface area contributed by atoms with Crippen LogP contribution in [0.2, 0.25) is 0 Å². The van der Waals surface area contributed by atoms with E-state index in [9.17, 15) is 19.5 Å². The van der Waals surface area contributed by atoms with Gasteiger partial charge in [-0.3, -0.25) is 14.9 Å². The molecule has 2 atom stereocenters. The molecule has 2 heterocycles. The second kappa shape index (κ2) is 7.33. The predicted octanol–water partition coefficient (Wildman–Crippen LogP) is 2.22. The summed E-state index contributed by atoms with van der Waals surface area (Å²) in [5.41, 5.74) is 1.66. The molecule has 150 valence electrons. The zero-order chi connectivity index (χ0) is 20.6. The van der Waals surface area contributed by atoms with Gasteiger partial charge < -0.3 is 15.3 Å². The second-order valence-electron chi connectivity index (χ2n) is 7.71. The second-order valence-corrected chi connectivity index (χ2v) is 7.71.